The maximum Gasteiger partial charge on any atom is 0.253 e. The molecule has 6 heteroatoms. The van der Waals surface area contributed by atoms with Crippen LogP contribution in [0.4, 0.5) is 0 Å². The Bertz CT molecular complexity index is 1010. The van der Waals surface area contributed by atoms with Gasteiger partial charge in [0.1, 0.15) is 0 Å². The highest BCUT2D eigenvalue weighted by atomic mass is 16.3. The number of carbonyl (C=O) groups is 1. The zero-order valence-electron chi connectivity index (χ0n) is 15.3. The van der Waals surface area contributed by atoms with Crippen LogP contribution in [0.5, 0.6) is 0 Å². The predicted molar refractivity (Wildman–Crippen MR) is 105 cm³/mol. The van der Waals surface area contributed by atoms with Crippen molar-refractivity contribution < 1.29 is 9.90 Å². The van der Waals surface area contributed by atoms with Crippen LogP contribution in [-0.2, 0) is 0 Å². The summed E-state index contributed by atoms with van der Waals surface area (Å²) in [5.41, 5.74) is 2.92. The van der Waals surface area contributed by atoms with E-state index in [2.05, 4.69) is 21.9 Å². The van der Waals surface area contributed by atoms with Crippen molar-refractivity contribution in [2.24, 2.45) is 0 Å². The Kier molecular flexibility index (Phi) is 5.18. The van der Waals surface area contributed by atoms with Crippen molar-refractivity contribution >= 4 is 5.91 Å². The number of aromatic nitrogens is 3. The molecule has 1 aromatic carbocycles. The number of nitrogens with zero attached hydrogens (tertiary/aromatic N) is 4. The average molecular weight is 372 g/mol. The Hall–Kier alpha value is -3.43. The number of piperidine rings is 1. The number of pyridine rings is 1. The number of carbonyl (C=O) groups excluding carboxylic acids is 1. The molecule has 1 fully saturated rings. The van der Waals surface area contributed by atoms with Gasteiger partial charge in [-0.2, -0.15) is 5.10 Å². The molecule has 0 spiro atoms. The summed E-state index contributed by atoms with van der Waals surface area (Å²) in [6, 6.07) is 11.1. The molecule has 1 aliphatic rings. The van der Waals surface area contributed by atoms with Gasteiger partial charge < -0.3 is 10.0 Å². The molecule has 3 heterocycles. The van der Waals surface area contributed by atoms with E-state index in [1.54, 1.807) is 34.2 Å². The van der Waals surface area contributed by atoms with Crippen molar-refractivity contribution in [3.05, 3.63) is 77.9 Å². The minimum atomic E-state index is -0.313. The van der Waals surface area contributed by atoms with E-state index in [9.17, 15) is 9.90 Å². The van der Waals surface area contributed by atoms with E-state index in [4.69, 9.17) is 0 Å². The maximum absolute atomic E-state index is 12.9. The van der Waals surface area contributed by atoms with Crippen molar-refractivity contribution in [1.29, 1.82) is 0 Å². The largest absolute Gasteiger partial charge is 0.393 e. The molecule has 0 radical (unpaired) electrons. The summed E-state index contributed by atoms with van der Waals surface area (Å²) in [5.74, 6) is 6.23. The molecule has 0 atom stereocenters. The highest BCUT2D eigenvalue weighted by Gasteiger charge is 2.22. The third-order valence-electron chi connectivity index (χ3n) is 4.75. The van der Waals surface area contributed by atoms with Crippen molar-refractivity contribution in [3.63, 3.8) is 0 Å². The SMILES string of the molecule is O=C(c1ccc(-n2cccn2)c(C#Cc2cccnc2)c1)N1CCC(O)CC1. The molecule has 0 bridgehead atoms. The summed E-state index contributed by atoms with van der Waals surface area (Å²) in [6.07, 6.45) is 7.88. The summed E-state index contributed by atoms with van der Waals surface area (Å²) in [6.45, 7) is 1.13. The van der Waals surface area contributed by atoms with Gasteiger partial charge in [-0.1, -0.05) is 11.8 Å². The quantitative estimate of drug-likeness (QED) is 0.701. The van der Waals surface area contributed by atoms with Gasteiger partial charge in [0.25, 0.3) is 5.91 Å². The smallest absolute Gasteiger partial charge is 0.253 e. The lowest BCUT2D eigenvalue weighted by atomic mass is 10.0. The first-order valence-corrected chi connectivity index (χ1v) is 9.24. The van der Waals surface area contributed by atoms with Crippen molar-refractivity contribution in [2.45, 2.75) is 18.9 Å². The second-order valence-electron chi connectivity index (χ2n) is 6.70. The highest BCUT2D eigenvalue weighted by Crippen LogP contribution is 2.19. The minimum Gasteiger partial charge on any atom is -0.393 e. The van der Waals surface area contributed by atoms with Crippen molar-refractivity contribution in [1.82, 2.24) is 19.7 Å². The van der Waals surface area contributed by atoms with Crippen LogP contribution in [0.25, 0.3) is 5.69 Å². The molecule has 4 rings (SSSR count). The molecule has 0 saturated carbocycles. The number of hydrogen-bond acceptors (Lipinski definition) is 4. The first-order chi connectivity index (χ1) is 13.7. The van der Waals surface area contributed by atoms with Crippen LogP contribution < -0.4 is 0 Å². The third-order valence-corrected chi connectivity index (χ3v) is 4.75. The van der Waals surface area contributed by atoms with Gasteiger partial charge in [0.2, 0.25) is 0 Å². The fraction of sp³-hybridized carbons (Fsp3) is 0.227. The molecule has 2 aromatic heterocycles. The number of rotatable bonds is 2. The molecule has 140 valence electrons. The highest BCUT2D eigenvalue weighted by molar-refractivity contribution is 5.95. The molecular weight excluding hydrogens is 352 g/mol. The summed E-state index contributed by atoms with van der Waals surface area (Å²) in [4.78, 5) is 18.8. The first kappa shape index (κ1) is 18.0. The summed E-state index contributed by atoms with van der Waals surface area (Å²) in [7, 11) is 0. The van der Waals surface area contributed by atoms with Crippen molar-refractivity contribution in [3.8, 4) is 17.5 Å². The molecule has 1 aliphatic heterocycles. The number of hydrogen-bond donors (Lipinski definition) is 1. The second-order valence-corrected chi connectivity index (χ2v) is 6.70. The standard InChI is InChI=1S/C22H20N4O2/c27-20-8-13-25(14-9-20)22(28)19-6-7-21(26-12-2-11-24-26)18(15-19)5-4-17-3-1-10-23-16-17/h1-3,6-7,10-12,15-16,20,27H,8-9,13-14H2. The van der Waals surface area contributed by atoms with Crippen molar-refractivity contribution in [2.75, 3.05) is 13.1 Å². The Morgan fingerprint density at radius 1 is 1.11 bits per heavy atom. The second kappa shape index (κ2) is 8.07. The van der Waals surface area contributed by atoms with Gasteiger partial charge >= 0.3 is 0 Å². The average Bonchev–Trinajstić information content (AvgIpc) is 3.27. The number of aliphatic hydroxyl groups excluding tert-OH is 1. The van der Waals surface area contributed by atoms with Crippen LogP contribution in [0.1, 0.15) is 34.3 Å². The lowest BCUT2D eigenvalue weighted by Gasteiger charge is -2.29. The van der Waals surface area contributed by atoms with Crippen LogP contribution in [-0.4, -0.2) is 49.9 Å². The predicted octanol–water partition coefficient (Wildman–Crippen LogP) is 2.26. The monoisotopic (exact) mass is 372 g/mol. The van der Waals surface area contributed by atoms with E-state index in [-0.39, 0.29) is 12.0 Å². The molecule has 0 unspecified atom stereocenters. The van der Waals surface area contributed by atoms with Gasteiger partial charge in [-0.05, 0) is 49.2 Å². The van der Waals surface area contributed by atoms with Gasteiger partial charge in [-0.3, -0.25) is 9.78 Å². The maximum atomic E-state index is 12.9. The molecular formula is C22H20N4O2. The Morgan fingerprint density at radius 2 is 1.96 bits per heavy atom. The molecule has 3 aromatic rings. The van der Waals surface area contributed by atoms with Crippen LogP contribution in [0.2, 0.25) is 0 Å². The normalized spacial score (nSPS) is 14.4. The van der Waals surface area contributed by atoms with Crippen LogP contribution in [0.3, 0.4) is 0 Å². The summed E-state index contributed by atoms with van der Waals surface area (Å²) < 4.78 is 1.73. The van der Waals surface area contributed by atoms with Gasteiger partial charge in [-0.15, -0.1) is 0 Å². The summed E-state index contributed by atoms with van der Waals surface area (Å²) in [5, 5.41) is 14.0. The fourth-order valence-corrected chi connectivity index (χ4v) is 3.21. The minimum absolute atomic E-state index is 0.0386. The van der Waals surface area contributed by atoms with E-state index in [1.807, 2.05) is 36.5 Å². The molecule has 1 saturated heterocycles. The Labute approximate surface area is 163 Å². The molecule has 6 nitrogen and oxygen atoms in total. The van der Waals surface area contributed by atoms with Gasteiger partial charge in [0.15, 0.2) is 0 Å². The zero-order valence-corrected chi connectivity index (χ0v) is 15.3. The Balaban J connectivity index is 1.68. The van der Waals surface area contributed by atoms with E-state index in [0.717, 1.165) is 16.8 Å². The van der Waals surface area contributed by atoms with Crippen LogP contribution in [0.15, 0.2) is 61.2 Å². The van der Waals surface area contributed by atoms with Gasteiger partial charge in [-0.25, -0.2) is 4.68 Å². The molecule has 0 aliphatic carbocycles. The number of likely N-dealkylation sites (tertiary alicyclic amines) is 1. The number of benzene rings is 1. The fourth-order valence-electron chi connectivity index (χ4n) is 3.21. The topological polar surface area (TPSA) is 71.2 Å². The zero-order chi connectivity index (χ0) is 19.3. The third kappa shape index (κ3) is 3.95. The molecule has 1 N–H and O–H groups in total. The number of amides is 1. The lowest BCUT2D eigenvalue weighted by Crippen LogP contribution is -2.40. The first-order valence-electron chi connectivity index (χ1n) is 9.24. The van der Waals surface area contributed by atoms with E-state index in [1.165, 1.54) is 0 Å². The Morgan fingerprint density at radius 3 is 2.68 bits per heavy atom. The lowest BCUT2D eigenvalue weighted by molar-refractivity contribution is 0.0546. The van der Waals surface area contributed by atoms with E-state index >= 15 is 0 Å². The molecule has 28 heavy (non-hydrogen) atoms. The van der Waals surface area contributed by atoms with E-state index < -0.39 is 0 Å². The van der Waals surface area contributed by atoms with E-state index in [0.29, 0.717) is 31.5 Å². The van der Waals surface area contributed by atoms with Gasteiger partial charge in [0.05, 0.1) is 17.4 Å². The van der Waals surface area contributed by atoms with Crippen LogP contribution >= 0.6 is 0 Å². The van der Waals surface area contributed by atoms with Gasteiger partial charge in [0, 0.05) is 49.0 Å². The van der Waals surface area contributed by atoms with Crippen LogP contribution in [0, 0.1) is 11.8 Å². The molecule has 1 amide bonds. The number of aliphatic hydroxyl groups is 1. The summed E-state index contributed by atoms with van der Waals surface area (Å²) >= 11 is 0.